The maximum atomic E-state index is 12.0. The number of rotatable bonds is 8. The quantitative estimate of drug-likeness (QED) is 0.681. The summed E-state index contributed by atoms with van der Waals surface area (Å²) in [6.45, 7) is 5.30. The van der Waals surface area contributed by atoms with Crippen molar-refractivity contribution in [1.82, 2.24) is 20.2 Å². The normalized spacial score (nSPS) is 14.9. The zero-order valence-electron chi connectivity index (χ0n) is 15.2. The molecule has 1 N–H and O–H groups in total. The molecule has 2 heterocycles. The Hall–Kier alpha value is -1.83. The lowest BCUT2D eigenvalue weighted by molar-refractivity contribution is -0.120. The lowest BCUT2D eigenvalue weighted by Crippen LogP contribution is -2.49. The van der Waals surface area contributed by atoms with Crippen molar-refractivity contribution in [2.45, 2.75) is 11.3 Å². The first kappa shape index (κ1) is 19.9. The van der Waals surface area contributed by atoms with Crippen molar-refractivity contribution < 1.29 is 4.79 Å². The molecule has 8 heteroatoms. The molecule has 0 atom stereocenters. The van der Waals surface area contributed by atoms with E-state index in [9.17, 15) is 4.79 Å². The molecule has 1 fully saturated rings. The van der Waals surface area contributed by atoms with Crippen LogP contribution in [0.3, 0.4) is 0 Å². The van der Waals surface area contributed by atoms with Crippen molar-refractivity contribution in [3.05, 3.63) is 47.7 Å². The SMILES string of the molecule is O=C(CCSc1ccc(Cl)cc1)NCCN1CCN(c2ncccn2)CC1. The number of nitrogens with one attached hydrogen (secondary N) is 1. The molecule has 0 spiro atoms. The summed E-state index contributed by atoms with van der Waals surface area (Å²) in [6.07, 6.45) is 4.07. The van der Waals surface area contributed by atoms with Gasteiger partial charge in [0.1, 0.15) is 0 Å². The highest BCUT2D eigenvalue weighted by Gasteiger charge is 2.18. The number of piperazine rings is 1. The molecule has 1 aromatic heterocycles. The molecule has 0 bridgehead atoms. The number of aromatic nitrogens is 2. The average Bonchev–Trinajstić information content (AvgIpc) is 2.71. The summed E-state index contributed by atoms with van der Waals surface area (Å²) < 4.78 is 0. The third kappa shape index (κ3) is 6.68. The monoisotopic (exact) mass is 405 g/mol. The number of halogens is 1. The molecule has 0 saturated carbocycles. The van der Waals surface area contributed by atoms with Gasteiger partial charge in [0, 0.05) is 73.8 Å². The first-order valence-electron chi connectivity index (χ1n) is 9.10. The van der Waals surface area contributed by atoms with Gasteiger partial charge in [0.25, 0.3) is 0 Å². The van der Waals surface area contributed by atoms with Crippen molar-refractivity contribution in [3.8, 4) is 0 Å². The van der Waals surface area contributed by atoms with Crippen LogP contribution < -0.4 is 10.2 Å². The van der Waals surface area contributed by atoms with Crippen LogP contribution in [0.15, 0.2) is 47.6 Å². The van der Waals surface area contributed by atoms with E-state index in [-0.39, 0.29) is 5.91 Å². The van der Waals surface area contributed by atoms with E-state index < -0.39 is 0 Å². The van der Waals surface area contributed by atoms with Gasteiger partial charge >= 0.3 is 0 Å². The standard InChI is InChI=1S/C19H24ClN5OS/c20-16-2-4-17(5-3-16)27-15-6-18(26)21-9-10-24-11-13-25(14-12-24)19-22-7-1-8-23-19/h1-5,7-8H,6,9-15H2,(H,21,26). The van der Waals surface area contributed by atoms with Crippen LogP contribution in [0.4, 0.5) is 5.95 Å². The van der Waals surface area contributed by atoms with Gasteiger partial charge in [0.15, 0.2) is 0 Å². The highest BCUT2D eigenvalue weighted by molar-refractivity contribution is 7.99. The maximum Gasteiger partial charge on any atom is 0.225 e. The second-order valence-corrected chi connectivity index (χ2v) is 7.88. The topological polar surface area (TPSA) is 61.4 Å². The van der Waals surface area contributed by atoms with E-state index in [0.717, 1.165) is 54.3 Å². The van der Waals surface area contributed by atoms with E-state index in [1.54, 1.807) is 24.2 Å². The van der Waals surface area contributed by atoms with Gasteiger partial charge in [-0.3, -0.25) is 9.69 Å². The average molecular weight is 406 g/mol. The number of thioether (sulfide) groups is 1. The van der Waals surface area contributed by atoms with E-state index in [0.29, 0.717) is 13.0 Å². The molecule has 144 valence electrons. The number of hydrogen-bond acceptors (Lipinski definition) is 6. The van der Waals surface area contributed by atoms with Gasteiger partial charge in [0.05, 0.1) is 0 Å². The minimum absolute atomic E-state index is 0.104. The Labute approximate surface area is 169 Å². The predicted octanol–water partition coefficient (Wildman–Crippen LogP) is 2.55. The number of carbonyl (C=O) groups is 1. The number of anilines is 1. The Morgan fingerprint density at radius 3 is 2.52 bits per heavy atom. The van der Waals surface area contributed by atoms with Crippen LogP contribution in [0.5, 0.6) is 0 Å². The van der Waals surface area contributed by atoms with Crippen LogP contribution in [0.25, 0.3) is 0 Å². The fourth-order valence-corrected chi connectivity index (χ4v) is 3.84. The Bertz CT molecular complexity index is 708. The van der Waals surface area contributed by atoms with Crippen molar-refractivity contribution in [1.29, 1.82) is 0 Å². The summed E-state index contributed by atoms with van der Waals surface area (Å²) in [4.78, 5) is 26.3. The minimum atomic E-state index is 0.104. The Morgan fingerprint density at radius 1 is 1.11 bits per heavy atom. The van der Waals surface area contributed by atoms with E-state index in [2.05, 4.69) is 25.1 Å². The lowest BCUT2D eigenvalue weighted by atomic mass is 10.3. The second-order valence-electron chi connectivity index (χ2n) is 6.28. The Kier molecular flexibility index (Phi) is 7.74. The minimum Gasteiger partial charge on any atom is -0.355 e. The molecule has 1 saturated heterocycles. The largest absolute Gasteiger partial charge is 0.355 e. The van der Waals surface area contributed by atoms with Gasteiger partial charge < -0.3 is 10.2 Å². The van der Waals surface area contributed by atoms with E-state index >= 15 is 0 Å². The summed E-state index contributed by atoms with van der Waals surface area (Å²) in [7, 11) is 0. The van der Waals surface area contributed by atoms with Crippen LogP contribution >= 0.6 is 23.4 Å². The summed E-state index contributed by atoms with van der Waals surface area (Å²) >= 11 is 7.54. The molecule has 0 unspecified atom stereocenters. The smallest absolute Gasteiger partial charge is 0.225 e. The summed E-state index contributed by atoms with van der Waals surface area (Å²) in [6, 6.07) is 9.52. The van der Waals surface area contributed by atoms with E-state index in [1.165, 1.54) is 0 Å². The summed E-state index contributed by atoms with van der Waals surface area (Å²) in [5, 5.41) is 3.75. The molecule has 6 nitrogen and oxygen atoms in total. The maximum absolute atomic E-state index is 12.0. The summed E-state index contributed by atoms with van der Waals surface area (Å²) in [5.41, 5.74) is 0. The van der Waals surface area contributed by atoms with Crippen LogP contribution in [0.1, 0.15) is 6.42 Å². The van der Waals surface area contributed by atoms with E-state index in [4.69, 9.17) is 11.6 Å². The number of amides is 1. The highest BCUT2D eigenvalue weighted by Crippen LogP contribution is 2.20. The first-order valence-corrected chi connectivity index (χ1v) is 10.5. The molecule has 1 amide bonds. The molecule has 1 aliphatic rings. The Balaban J connectivity index is 1.26. The molecule has 2 aromatic rings. The third-order valence-corrected chi connectivity index (χ3v) is 5.63. The van der Waals surface area contributed by atoms with Crippen LogP contribution in [0.2, 0.25) is 5.02 Å². The zero-order chi connectivity index (χ0) is 18.9. The molecule has 0 radical (unpaired) electrons. The third-order valence-electron chi connectivity index (χ3n) is 4.37. The van der Waals surface area contributed by atoms with Crippen LogP contribution in [-0.4, -0.2) is 65.8 Å². The number of benzene rings is 1. The first-order chi connectivity index (χ1) is 13.2. The Morgan fingerprint density at radius 2 is 1.81 bits per heavy atom. The number of hydrogen-bond donors (Lipinski definition) is 1. The summed E-state index contributed by atoms with van der Waals surface area (Å²) in [5.74, 6) is 1.67. The van der Waals surface area contributed by atoms with E-state index in [1.807, 2.05) is 30.3 Å². The van der Waals surface area contributed by atoms with Gasteiger partial charge in [-0.1, -0.05) is 11.6 Å². The molecular formula is C19H24ClN5OS. The van der Waals surface area contributed by atoms with Crippen molar-refractivity contribution >= 4 is 35.2 Å². The predicted molar refractivity (Wildman–Crippen MR) is 110 cm³/mol. The number of carbonyl (C=O) groups excluding carboxylic acids is 1. The van der Waals surface area contributed by atoms with Gasteiger partial charge in [-0.15, -0.1) is 11.8 Å². The lowest BCUT2D eigenvalue weighted by Gasteiger charge is -2.34. The molecule has 0 aliphatic carbocycles. The molecular weight excluding hydrogens is 382 g/mol. The van der Waals surface area contributed by atoms with Gasteiger partial charge in [0.2, 0.25) is 11.9 Å². The highest BCUT2D eigenvalue weighted by atomic mass is 35.5. The van der Waals surface area contributed by atoms with Crippen molar-refractivity contribution in [2.75, 3.05) is 49.9 Å². The second kappa shape index (κ2) is 10.5. The van der Waals surface area contributed by atoms with Gasteiger partial charge in [-0.2, -0.15) is 0 Å². The molecule has 1 aliphatic heterocycles. The number of nitrogens with zero attached hydrogens (tertiary/aromatic N) is 4. The zero-order valence-corrected chi connectivity index (χ0v) is 16.8. The fourth-order valence-electron chi connectivity index (χ4n) is 2.86. The van der Waals surface area contributed by atoms with Crippen LogP contribution in [0, 0.1) is 0 Å². The fraction of sp³-hybridized carbons (Fsp3) is 0.421. The molecule has 27 heavy (non-hydrogen) atoms. The van der Waals surface area contributed by atoms with Gasteiger partial charge in [-0.05, 0) is 30.3 Å². The molecule has 3 rings (SSSR count). The van der Waals surface area contributed by atoms with Crippen molar-refractivity contribution in [2.24, 2.45) is 0 Å². The van der Waals surface area contributed by atoms with Gasteiger partial charge in [-0.25, -0.2) is 9.97 Å². The molecule has 1 aromatic carbocycles. The van der Waals surface area contributed by atoms with Crippen LogP contribution in [-0.2, 0) is 4.79 Å². The van der Waals surface area contributed by atoms with Crippen molar-refractivity contribution in [3.63, 3.8) is 0 Å².